The Morgan fingerprint density at radius 3 is 1.27 bits per heavy atom. The summed E-state index contributed by atoms with van der Waals surface area (Å²) >= 11 is 0. The van der Waals surface area contributed by atoms with Crippen LogP contribution in [-0.4, -0.2) is 0 Å². The number of nitrogens with one attached hydrogen (secondary N) is 2. The van der Waals surface area contributed by atoms with Crippen molar-refractivity contribution in [1.82, 2.24) is 0 Å². The molecule has 0 bridgehead atoms. The second-order valence-electron chi connectivity index (χ2n) is 4.77. The highest BCUT2D eigenvalue weighted by atomic mass is 19.4. The maximum Gasteiger partial charge on any atom is 0.416 e. The van der Waals surface area contributed by atoms with E-state index in [0.717, 1.165) is 24.3 Å². The van der Waals surface area contributed by atoms with Crippen LogP contribution in [0.5, 0.6) is 0 Å². The molecule has 1 heterocycles. The van der Waals surface area contributed by atoms with Gasteiger partial charge in [-0.25, -0.2) is 0 Å². The van der Waals surface area contributed by atoms with Gasteiger partial charge in [-0.1, -0.05) is 12.1 Å². The molecule has 0 radical (unpaired) electrons. The van der Waals surface area contributed by atoms with Crippen LogP contribution in [0.1, 0.15) is 11.1 Å². The van der Waals surface area contributed by atoms with E-state index in [0.29, 0.717) is 11.1 Å². The summed E-state index contributed by atoms with van der Waals surface area (Å²) in [5.41, 5.74) is 4.42. The van der Waals surface area contributed by atoms with Crippen molar-refractivity contribution >= 4 is 11.4 Å². The lowest BCUT2D eigenvalue weighted by Crippen LogP contribution is -2.17. The molecule has 116 valence electrons. The normalized spacial score (nSPS) is 13.7. The fourth-order valence-corrected chi connectivity index (χ4v) is 2.25. The first-order valence-electron chi connectivity index (χ1n) is 6.11. The van der Waals surface area contributed by atoms with Crippen LogP contribution in [0.25, 0.3) is 11.1 Å². The zero-order valence-electron chi connectivity index (χ0n) is 10.7. The van der Waals surface area contributed by atoms with Crippen molar-refractivity contribution in [1.29, 1.82) is 0 Å². The van der Waals surface area contributed by atoms with E-state index in [2.05, 4.69) is 10.9 Å². The van der Waals surface area contributed by atoms with E-state index in [-0.39, 0.29) is 11.4 Å². The van der Waals surface area contributed by atoms with Crippen LogP contribution in [0.4, 0.5) is 37.7 Å². The quantitative estimate of drug-likeness (QED) is 0.657. The Labute approximate surface area is 120 Å². The highest BCUT2D eigenvalue weighted by Crippen LogP contribution is 2.42. The molecule has 22 heavy (non-hydrogen) atoms. The average Bonchev–Trinajstić information content (AvgIpc) is 2.44. The third kappa shape index (κ3) is 2.44. The number of hydrazine groups is 1. The van der Waals surface area contributed by atoms with Crippen molar-refractivity contribution in [3.8, 4) is 11.1 Å². The van der Waals surface area contributed by atoms with Gasteiger partial charge in [-0.15, -0.1) is 0 Å². The lowest BCUT2D eigenvalue weighted by Gasteiger charge is -2.25. The maximum atomic E-state index is 12.7. The van der Waals surface area contributed by atoms with Crippen molar-refractivity contribution in [2.75, 3.05) is 10.9 Å². The van der Waals surface area contributed by atoms with Gasteiger partial charge in [0.1, 0.15) is 0 Å². The molecule has 0 atom stereocenters. The van der Waals surface area contributed by atoms with Crippen molar-refractivity contribution in [2.24, 2.45) is 0 Å². The van der Waals surface area contributed by atoms with Gasteiger partial charge in [0.2, 0.25) is 0 Å². The fourth-order valence-electron chi connectivity index (χ4n) is 2.25. The van der Waals surface area contributed by atoms with Crippen LogP contribution < -0.4 is 10.9 Å². The molecular formula is C14H8F6N2. The Hall–Kier alpha value is -2.38. The first-order valence-corrected chi connectivity index (χ1v) is 6.11. The molecule has 0 saturated heterocycles. The minimum absolute atomic E-state index is 0.155. The van der Waals surface area contributed by atoms with Crippen molar-refractivity contribution in [2.45, 2.75) is 12.4 Å². The summed E-state index contributed by atoms with van der Waals surface area (Å²) in [7, 11) is 0. The molecule has 0 aliphatic carbocycles. The molecule has 3 rings (SSSR count). The van der Waals surface area contributed by atoms with Crippen LogP contribution in [-0.2, 0) is 12.4 Å². The molecule has 2 N–H and O–H groups in total. The smallest absolute Gasteiger partial charge is 0.300 e. The zero-order valence-corrected chi connectivity index (χ0v) is 10.7. The van der Waals surface area contributed by atoms with Gasteiger partial charge < -0.3 is 10.9 Å². The van der Waals surface area contributed by atoms with Crippen molar-refractivity contribution < 1.29 is 26.3 Å². The SMILES string of the molecule is FC(F)(F)c1ccc2c(c1)NNc1cc(C(F)(F)F)ccc1-2. The maximum absolute atomic E-state index is 12.7. The molecule has 2 nitrogen and oxygen atoms in total. The van der Waals surface area contributed by atoms with E-state index >= 15 is 0 Å². The number of alkyl halides is 6. The summed E-state index contributed by atoms with van der Waals surface area (Å²) in [6.07, 6.45) is -8.98. The predicted octanol–water partition coefficient (Wildman–Crippen LogP) is 5.14. The predicted molar refractivity (Wildman–Crippen MR) is 69.1 cm³/mol. The first kappa shape index (κ1) is 14.6. The summed E-state index contributed by atoms with van der Waals surface area (Å²) in [5.74, 6) is 0. The molecule has 1 aliphatic rings. The highest BCUT2D eigenvalue weighted by Gasteiger charge is 2.33. The molecule has 1 aliphatic heterocycles. The van der Waals surface area contributed by atoms with E-state index < -0.39 is 23.5 Å². The molecule has 8 heteroatoms. The molecular weight excluding hydrogens is 310 g/mol. The number of hydrogen-bond acceptors (Lipinski definition) is 2. The monoisotopic (exact) mass is 318 g/mol. The van der Waals surface area contributed by atoms with Crippen LogP contribution in [0.15, 0.2) is 36.4 Å². The summed E-state index contributed by atoms with van der Waals surface area (Å²) in [6.45, 7) is 0. The van der Waals surface area contributed by atoms with Gasteiger partial charge >= 0.3 is 12.4 Å². The Balaban J connectivity index is 2.08. The second-order valence-corrected chi connectivity index (χ2v) is 4.77. The number of rotatable bonds is 0. The van der Waals surface area contributed by atoms with E-state index in [1.54, 1.807) is 0 Å². The summed E-state index contributed by atoms with van der Waals surface area (Å²) in [5, 5.41) is 0. The molecule has 0 saturated carbocycles. The van der Waals surface area contributed by atoms with E-state index in [4.69, 9.17) is 0 Å². The third-order valence-electron chi connectivity index (χ3n) is 3.32. The Morgan fingerprint density at radius 2 is 0.955 bits per heavy atom. The molecule has 2 aromatic carbocycles. The summed E-state index contributed by atoms with van der Waals surface area (Å²) < 4.78 is 76.0. The lowest BCUT2D eigenvalue weighted by molar-refractivity contribution is -0.138. The largest absolute Gasteiger partial charge is 0.416 e. The van der Waals surface area contributed by atoms with Gasteiger partial charge in [0.15, 0.2) is 0 Å². The Bertz CT molecular complexity index is 670. The minimum Gasteiger partial charge on any atom is -0.300 e. The molecule has 0 amide bonds. The van der Waals surface area contributed by atoms with Crippen molar-refractivity contribution in [3.63, 3.8) is 0 Å². The average molecular weight is 318 g/mol. The molecule has 0 fully saturated rings. The lowest BCUT2D eigenvalue weighted by atomic mass is 9.97. The van der Waals surface area contributed by atoms with Crippen LogP contribution in [0.2, 0.25) is 0 Å². The number of benzene rings is 2. The Morgan fingerprint density at radius 1 is 0.591 bits per heavy atom. The number of anilines is 2. The Kier molecular flexibility index (Phi) is 3.01. The van der Waals surface area contributed by atoms with Crippen LogP contribution in [0, 0.1) is 0 Å². The van der Waals surface area contributed by atoms with Gasteiger partial charge in [-0.3, -0.25) is 0 Å². The van der Waals surface area contributed by atoms with E-state index in [9.17, 15) is 26.3 Å². The number of hydrogen-bond donors (Lipinski definition) is 2. The van der Waals surface area contributed by atoms with Gasteiger partial charge in [-0.2, -0.15) is 26.3 Å². The van der Waals surface area contributed by atoms with Gasteiger partial charge in [-0.05, 0) is 24.3 Å². The topological polar surface area (TPSA) is 24.1 Å². The molecule has 0 aromatic heterocycles. The zero-order chi connectivity index (χ0) is 16.1. The van der Waals surface area contributed by atoms with Gasteiger partial charge in [0.25, 0.3) is 0 Å². The fraction of sp³-hybridized carbons (Fsp3) is 0.143. The van der Waals surface area contributed by atoms with Crippen LogP contribution in [0.3, 0.4) is 0 Å². The number of halogens is 6. The molecule has 0 spiro atoms. The van der Waals surface area contributed by atoms with Gasteiger partial charge in [0.05, 0.1) is 22.5 Å². The van der Waals surface area contributed by atoms with E-state index in [1.807, 2.05) is 0 Å². The van der Waals surface area contributed by atoms with Gasteiger partial charge in [0, 0.05) is 11.1 Å². The highest BCUT2D eigenvalue weighted by molar-refractivity contribution is 5.91. The minimum atomic E-state index is -4.49. The molecule has 2 aromatic rings. The second kappa shape index (κ2) is 4.56. The first-order chi connectivity index (χ1) is 10.2. The standard InChI is InChI=1S/C14H8F6N2/c15-13(16,17)7-1-3-9-10-4-2-8(14(18,19)20)6-12(10)22-21-11(9)5-7/h1-6,21-22H. The summed E-state index contributed by atoms with van der Waals surface area (Å²) in [4.78, 5) is 0. The van der Waals surface area contributed by atoms with E-state index in [1.165, 1.54) is 12.1 Å². The summed E-state index contributed by atoms with van der Waals surface area (Å²) in [6, 6.07) is 6.07. The van der Waals surface area contributed by atoms with Crippen molar-refractivity contribution in [3.05, 3.63) is 47.5 Å². The third-order valence-corrected chi connectivity index (χ3v) is 3.32. The number of fused-ring (bicyclic) bond motifs is 3. The van der Waals surface area contributed by atoms with Crippen LogP contribution >= 0.6 is 0 Å². The molecule has 0 unspecified atom stereocenters.